The van der Waals surface area contributed by atoms with Crippen molar-refractivity contribution >= 4 is 5.82 Å². The van der Waals surface area contributed by atoms with Gasteiger partial charge in [0.05, 0.1) is 11.9 Å². The molecule has 4 nitrogen and oxygen atoms in total. The first-order valence-electron chi connectivity index (χ1n) is 7.68. The minimum atomic E-state index is 0.602. The molecule has 1 unspecified atom stereocenters. The molecule has 3 rings (SSSR count). The van der Waals surface area contributed by atoms with Crippen molar-refractivity contribution in [3.05, 3.63) is 54.0 Å². The quantitative estimate of drug-likeness (QED) is 0.915. The minimum absolute atomic E-state index is 0.602. The first-order valence-corrected chi connectivity index (χ1v) is 7.68. The molecule has 0 saturated carbocycles. The van der Waals surface area contributed by atoms with Gasteiger partial charge in [-0.15, -0.1) is 0 Å². The summed E-state index contributed by atoms with van der Waals surface area (Å²) in [5.74, 6) is 1.61. The summed E-state index contributed by atoms with van der Waals surface area (Å²) in [6, 6.07) is 10.8. The second-order valence-electron chi connectivity index (χ2n) is 5.49. The van der Waals surface area contributed by atoms with Gasteiger partial charge in [0.2, 0.25) is 0 Å². The predicted molar refractivity (Wildman–Crippen MR) is 85.4 cm³/mol. The maximum atomic E-state index is 4.72. The van der Waals surface area contributed by atoms with E-state index in [1.165, 1.54) is 12.0 Å². The van der Waals surface area contributed by atoms with Crippen LogP contribution in [-0.2, 0) is 6.54 Å². The van der Waals surface area contributed by atoms with Crippen molar-refractivity contribution in [2.75, 3.05) is 24.5 Å². The summed E-state index contributed by atoms with van der Waals surface area (Å²) in [6.07, 6.45) is 4.91. The first-order chi connectivity index (χ1) is 10.4. The van der Waals surface area contributed by atoms with Crippen molar-refractivity contribution < 1.29 is 0 Å². The molecular weight excluding hydrogens is 260 g/mol. The standard InChI is InChI=1S/C17H22N4/c1-2-18-10-16-11-19-12-17(20-16)21-9-8-15(13-21)14-6-4-3-5-7-14/h3-7,11-12,15,18H,2,8-10,13H2,1H3. The van der Waals surface area contributed by atoms with E-state index in [2.05, 4.69) is 52.5 Å². The largest absolute Gasteiger partial charge is 0.355 e. The lowest BCUT2D eigenvalue weighted by atomic mass is 9.99. The number of anilines is 1. The third kappa shape index (κ3) is 3.39. The molecule has 1 fully saturated rings. The topological polar surface area (TPSA) is 41.1 Å². The zero-order valence-corrected chi connectivity index (χ0v) is 12.5. The second-order valence-corrected chi connectivity index (χ2v) is 5.49. The van der Waals surface area contributed by atoms with Crippen LogP contribution in [0, 0.1) is 0 Å². The minimum Gasteiger partial charge on any atom is -0.355 e. The maximum Gasteiger partial charge on any atom is 0.147 e. The summed E-state index contributed by atoms with van der Waals surface area (Å²) in [6.45, 7) is 5.92. The lowest BCUT2D eigenvalue weighted by Crippen LogP contribution is -2.22. The van der Waals surface area contributed by atoms with E-state index >= 15 is 0 Å². The Bertz CT molecular complexity index is 570. The highest BCUT2D eigenvalue weighted by Gasteiger charge is 2.24. The molecule has 0 bridgehead atoms. The second kappa shape index (κ2) is 6.68. The molecule has 0 amide bonds. The maximum absolute atomic E-state index is 4.72. The molecule has 1 aliphatic heterocycles. The number of nitrogens with one attached hydrogen (secondary N) is 1. The van der Waals surface area contributed by atoms with E-state index in [1.54, 1.807) is 0 Å². The van der Waals surface area contributed by atoms with Crippen LogP contribution in [0.3, 0.4) is 0 Å². The fourth-order valence-corrected chi connectivity index (χ4v) is 2.85. The number of benzene rings is 1. The van der Waals surface area contributed by atoms with E-state index in [0.717, 1.165) is 37.7 Å². The van der Waals surface area contributed by atoms with Crippen LogP contribution in [0.5, 0.6) is 0 Å². The molecule has 1 aromatic carbocycles. The Morgan fingerprint density at radius 1 is 1.24 bits per heavy atom. The Morgan fingerprint density at radius 2 is 2.10 bits per heavy atom. The van der Waals surface area contributed by atoms with Crippen LogP contribution in [0.25, 0.3) is 0 Å². The van der Waals surface area contributed by atoms with Crippen molar-refractivity contribution in [2.45, 2.75) is 25.8 Å². The van der Waals surface area contributed by atoms with E-state index in [9.17, 15) is 0 Å². The van der Waals surface area contributed by atoms with Gasteiger partial charge in [-0.05, 0) is 18.5 Å². The van der Waals surface area contributed by atoms with Crippen molar-refractivity contribution in [2.24, 2.45) is 0 Å². The lowest BCUT2D eigenvalue weighted by molar-refractivity contribution is 0.704. The van der Waals surface area contributed by atoms with E-state index in [0.29, 0.717) is 5.92 Å². The Morgan fingerprint density at radius 3 is 2.90 bits per heavy atom. The molecule has 0 spiro atoms. The van der Waals surface area contributed by atoms with Gasteiger partial charge < -0.3 is 10.2 Å². The summed E-state index contributed by atoms with van der Waals surface area (Å²) in [5, 5.41) is 3.30. The van der Waals surface area contributed by atoms with Gasteiger partial charge in [0.15, 0.2) is 0 Å². The van der Waals surface area contributed by atoms with E-state index in [1.807, 2.05) is 12.4 Å². The Labute approximate surface area is 126 Å². The third-order valence-corrected chi connectivity index (χ3v) is 4.01. The molecule has 2 aromatic rings. The Hall–Kier alpha value is -1.94. The van der Waals surface area contributed by atoms with Crippen molar-refractivity contribution in [3.8, 4) is 0 Å². The van der Waals surface area contributed by atoms with Gasteiger partial charge in [-0.2, -0.15) is 0 Å². The van der Waals surface area contributed by atoms with Crippen LogP contribution in [0.15, 0.2) is 42.7 Å². The summed E-state index contributed by atoms with van der Waals surface area (Å²) >= 11 is 0. The number of hydrogen-bond acceptors (Lipinski definition) is 4. The van der Waals surface area contributed by atoms with Gasteiger partial charge in [0.1, 0.15) is 5.82 Å². The smallest absolute Gasteiger partial charge is 0.147 e. The van der Waals surface area contributed by atoms with Crippen molar-refractivity contribution in [1.29, 1.82) is 0 Å². The predicted octanol–water partition coefficient (Wildman–Crippen LogP) is 2.58. The van der Waals surface area contributed by atoms with Crippen LogP contribution in [-0.4, -0.2) is 29.6 Å². The van der Waals surface area contributed by atoms with E-state index in [4.69, 9.17) is 4.98 Å². The normalized spacial score (nSPS) is 18.1. The van der Waals surface area contributed by atoms with Crippen molar-refractivity contribution in [3.63, 3.8) is 0 Å². The van der Waals surface area contributed by atoms with Gasteiger partial charge in [0, 0.05) is 31.7 Å². The molecule has 110 valence electrons. The molecule has 21 heavy (non-hydrogen) atoms. The average Bonchev–Trinajstić information content (AvgIpc) is 3.04. The summed E-state index contributed by atoms with van der Waals surface area (Å²) < 4.78 is 0. The highest BCUT2D eigenvalue weighted by atomic mass is 15.2. The molecule has 1 N–H and O–H groups in total. The van der Waals surface area contributed by atoms with Gasteiger partial charge >= 0.3 is 0 Å². The lowest BCUT2D eigenvalue weighted by Gasteiger charge is -2.18. The van der Waals surface area contributed by atoms with Gasteiger partial charge in [-0.25, -0.2) is 4.98 Å². The summed E-state index contributed by atoms with van der Waals surface area (Å²) in [4.78, 5) is 11.4. The summed E-state index contributed by atoms with van der Waals surface area (Å²) in [5.41, 5.74) is 2.44. The van der Waals surface area contributed by atoms with Crippen LogP contribution in [0.2, 0.25) is 0 Å². The van der Waals surface area contributed by atoms with Crippen molar-refractivity contribution in [1.82, 2.24) is 15.3 Å². The molecular formula is C17H22N4. The molecule has 4 heteroatoms. The molecule has 1 atom stereocenters. The van der Waals surface area contributed by atoms with Gasteiger partial charge in [-0.3, -0.25) is 4.98 Å². The SMILES string of the molecule is CCNCc1cncc(N2CCC(c3ccccc3)C2)n1. The van der Waals surface area contributed by atoms with Gasteiger partial charge in [-0.1, -0.05) is 37.3 Å². The third-order valence-electron chi connectivity index (χ3n) is 4.01. The molecule has 2 heterocycles. The fraction of sp³-hybridized carbons (Fsp3) is 0.412. The number of aromatic nitrogens is 2. The Balaban J connectivity index is 1.68. The van der Waals surface area contributed by atoms with Crippen LogP contribution in [0.1, 0.15) is 30.5 Å². The zero-order valence-electron chi connectivity index (χ0n) is 12.5. The molecule has 1 aliphatic rings. The van der Waals surface area contributed by atoms with E-state index < -0.39 is 0 Å². The van der Waals surface area contributed by atoms with Crippen LogP contribution >= 0.6 is 0 Å². The zero-order chi connectivity index (χ0) is 14.5. The fourth-order valence-electron chi connectivity index (χ4n) is 2.85. The number of nitrogens with zero attached hydrogens (tertiary/aromatic N) is 3. The molecule has 1 aromatic heterocycles. The number of hydrogen-bond donors (Lipinski definition) is 1. The first kappa shape index (κ1) is 14.0. The van der Waals surface area contributed by atoms with E-state index in [-0.39, 0.29) is 0 Å². The molecule has 0 radical (unpaired) electrons. The molecule has 0 aliphatic carbocycles. The Kier molecular flexibility index (Phi) is 4.46. The summed E-state index contributed by atoms with van der Waals surface area (Å²) in [7, 11) is 0. The monoisotopic (exact) mass is 282 g/mol. The number of rotatable bonds is 5. The average molecular weight is 282 g/mol. The molecule has 1 saturated heterocycles. The van der Waals surface area contributed by atoms with Crippen LogP contribution in [0.4, 0.5) is 5.82 Å². The van der Waals surface area contributed by atoms with Gasteiger partial charge in [0.25, 0.3) is 0 Å². The highest BCUT2D eigenvalue weighted by Crippen LogP contribution is 2.29. The highest BCUT2D eigenvalue weighted by molar-refractivity contribution is 5.40. The van der Waals surface area contributed by atoms with Crippen LogP contribution < -0.4 is 10.2 Å².